The largest absolute Gasteiger partial charge is 0.375 e. The number of rotatable bonds is 2. The van der Waals surface area contributed by atoms with E-state index in [2.05, 4.69) is 74.0 Å². The van der Waals surface area contributed by atoms with Gasteiger partial charge >= 0.3 is 0 Å². The minimum atomic E-state index is -1.30. The minimum Gasteiger partial charge on any atom is -0.375 e. The molecule has 0 N–H and O–H groups in total. The number of benzene rings is 1. The maximum atomic E-state index is 2.52. The Kier molecular flexibility index (Phi) is 2.86. The van der Waals surface area contributed by atoms with E-state index < -0.39 is 16.3 Å². The van der Waals surface area contributed by atoms with Gasteiger partial charge in [0.25, 0.3) is 0 Å². The first-order valence-corrected chi connectivity index (χ1v) is 13.3. The van der Waals surface area contributed by atoms with Gasteiger partial charge in [0.2, 0.25) is 0 Å². The van der Waals surface area contributed by atoms with Crippen molar-refractivity contribution in [1.29, 1.82) is 0 Å². The van der Waals surface area contributed by atoms with Crippen molar-refractivity contribution in [2.45, 2.75) is 39.3 Å². The summed E-state index contributed by atoms with van der Waals surface area (Å²) in [5, 5.41) is 3.07. The summed E-state index contributed by atoms with van der Waals surface area (Å²) in [6.45, 7) is 14.5. The van der Waals surface area contributed by atoms with Gasteiger partial charge < -0.3 is 4.23 Å². The van der Waals surface area contributed by atoms with Gasteiger partial charge in [-0.15, -0.1) is 0 Å². The molecule has 0 unspecified atom stereocenters. The molecule has 0 aliphatic carbocycles. The van der Waals surface area contributed by atoms with Gasteiger partial charge in [-0.1, -0.05) is 56.6 Å². The van der Waals surface area contributed by atoms with E-state index in [1.165, 1.54) is 10.9 Å². The van der Waals surface area contributed by atoms with Crippen LogP contribution in [0.4, 0.5) is 0 Å². The molecule has 0 saturated carbocycles. The molecule has 0 aliphatic rings. The lowest BCUT2D eigenvalue weighted by molar-refractivity contribution is 1.20. The second kappa shape index (κ2) is 3.85. The average Bonchev–Trinajstić information content (AvgIpc) is 2.57. The second-order valence-electron chi connectivity index (χ2n) is 6.84. The van der Waals surface area contributed by atoms with Crippen molar-refractivity contribution in [3.05, 3.63) is 30.5 Å². The summed E-state index contributed by atoms with van der Waals surface area (Å²) in [5.41, 5.74) is 1.43. The molecule has 0 spiro atoms. The second-order valence-corrected chi connectivity index (χ2v) is 16.7. The highest BCUT2D eigenvalue weighted by molar-refractivity contribution is 6.90. The molecular formula is C14H23NSi2. The molecule has 0 radical (unpaired) electrons. The van der Waals surface area contributed by atoms with E-state index in [9.17, 15) is 0 Å². The van der Waals surface area contributed by atoms with Crippen LogP contribution in [0.25, 0.3) is 10.9 Å². The van der Waals surface area contributed by atoms with Gasteiger partial charge in [0.1, 0.15) is 0 Å². The Bertz CT molecular complexity index is 541. The SMILES string of the molecule is C[Si](C)(C)c1cccc2c1ccn2[Si](C)(C)C. The smallest absolute Gasteiger partial charge is 0.152 e. The zero-order valence-corrected chi connectivity index (χ0v) is 13.8. The lowest BCUT2D eigenvalue weighted by atomic mass is 10.2. The monoisotopic (exact) mass is 261 g/mol. The molecule has 1 aromatic carbocycles. The zero-order valence-electron chi connectivity index (χ0n) is 11.8. The van der Waals surface area contributed by atoms with Crippen LogP contribution in [0.3, 0.4) is 0 Å². The summed E-state index contributed by atoms with van der Waals surface area (Å²) in [6, 6.07) is 9.15. The van der Waals surface area contributed by atoms with Crippen molar-refractivity contribution in [2.24, 2.45) is 0 Å². The maximum absolute atomic E-state index is 2.52. The molecule has 0 amide bonds. The fourth-order valence-corrected chi connectivity index (χ4v) is 5.46. The van der Waals surface area contributed by atoms with Gasteiger partial charge in [-0.3, -0.25) is 0 Å². The third-order valence-electron chi connectivity index (χ3n) is 3.26. The van der Waals surface area contributed by atoms with Crippen LogP contribution in [0.1, 0.15) is 0 Å². The molecule has 0 aliphatic heterocycles. The quantitative estimate of drug-likeness (QED) is 0.723. The van der Waals surface area contributed by atoms with Crippen LogP contribution in [0, 0.1) is 0 Å². The molecule has 0 bridgehead atoms. The Balaban J connectivity index is 2.74. The lowest BCUT2D eigenvalue weighted by Crippen LogP contribution is -2.38. The van der Waals surface area contributed by atoms with Crippen LogP contribution in [0.5, 0.6) is 0 Å². The molecule has 0 saturated heterocycles. The summed E-state index contributed by atoms with van der Waals surface area (Å²) in [6.07, 6.45) is 2.29. The van der Waals surface area contributed by atoms with Gasteiger partial charge in [-0.2, -0.15) is 0 Å². The Hall–Kier alpha value is -0.806. The molecule has 92 valence electrons. The van der Waals surface area contributed by atoms with Crippen LogP contribution in [-0.4, -0.2) is 20.5 Å². The molecule has 17 heavy (non-hydrogen) atoms. The number of nitrogens with zero attached hydrogens (tertiary/aromatic N) is 1. The predicted octanol–water partition coefficient (Wildman–Crippen LogP) is 3.87. The van der Waals surface area contributed by atoms with Crippen LogP contribution in [0.2, 0.25) is 39.3 Å². The zero-order chi connectivity index (χ0) is 12.8. The van der Waals surface area contributed by atoms with Crippen molar-refractivity contribution in [2.75, 3.05) is 0 Å². The maximum Gasteiger partial charge on any atom is 0.152 e. The molecule has 1 aromatic heterocycles. The number of hydrogen-bond donors (Lipinski definition) is 0. The van der Waals surface area contributed by atoms with Gasteiger partial charge in [-0.05, 0) is 23.7 Å². The third-order valence-corrected chi connectivity index (χ3v) is 7.15. The van der Waals surface area contributed by atoms with Crippen LogP contribution in [0.15, 0.2) is 30.5 Å². The fraction of sp³-hybridized carbons (Fsp3) is 0.429. The fourth-order valence-electron chi connectivity index (χ4n) is 2.41. The van der Waals surface area contributed by atoms with E-state index in [1.54, 1.807) is 5.19 Å². The van der Waals surface area contributed by atoms with Crippen molar-refractivity contribution < 1.29 is 0 Å². The van der Waals surface area contributed by atoms with E-state index in [0.717, 1.165) is 0 Å². The van der Waals surface area contributed by atoms with Crippen molar-refractivity contribution in [1.82, 2.24) is 4.23 Å². The highest BCUT2D eigenvalue weighted by Gasteiger charge is 2.23. The van der Waals surface area contributed by atoms with Crippen LogP contribution < -0.4 is 5.19 Å². The molecule has 1 nitrogen and oxygen atoms in total. The molecule has 3 heteroatoms. The summed E-state index contributed by atoms with van der Waals surface area (Å²) < 4.78 is 2.52. The van der Waals surface area contributed by atoms with Gasteiger partial charge in [0.15, 0.2) is 8.24 Å². The van der Waals surface area contributed by atoms with Gasteiger partial charge in [-0.25, -0.2) is 0 Å². The minimum absolute atomic E-state index is 1.24. The first kappa shape index (κ1) is 12.6. The number of fused-ring (bicyclic) bond motifs is 1. The van der Waals surface area contributed by atoms with E-state index in [0.29, 0.717) is 0 Å². The number of aromatic nitrogens is 1. The average molecular weight is 262 g/mol. The topological polar surface area (TPSA) is 4.93 Å². The Labute approximate surface area is 107 Å². The van der Waals surface area contributed by atoms with Crippen molar-refractivity contribution in [3.63, 3.8) is 0 Å². The van der Waals surface area contributed by atoms with Crippen molar-refractivity contribution >= 4 is 32.4 Å². The van der Waals surface area contributed by atoms with Crippen LogP contribution in [-0.2, 0) is 0 Å². The van der Waals surface area contributed by atoms with E-state index >= 15 is 0 Å². The first-order chi connectivity index (χ1) is 7.71. The van der Waals surface area contributed by atoms with E-state index in [1.807, 2.05) is 0 Å². The molecule has 0 fully saturated rings. The van der Waals surface area contributed by atoms with Gasteiger partial charge in [0.05, 0.1) is 8.07 Å². The molecule has 2 aromatic rings. The summed E-state index contributed by atoms with van der Waals surface area (Å²) in [7, 11) is -2.54. The lowest BCUT2D eigenvalue weighted by Gasteiger charge is -2.22. The summed E-state index contributed by atoms with van der Waals surface area (Å²) in [5.74, 6) is 0. The normalized spacial score (nSPS) is 13.3. The Morgan fingerprint density at radius 2 is 1.53 bits per heavy atom. The van der Waals surface area contributed by atoms with E-state index in [4.69, 9.17) is 0 Å². The molecule has 0 atom stereocenters. The van der Waals surface area contributed by atoms with E-state index in [-0.39, 0.29) is 0 Å². The Morgan fingerprint density at radius 3 is 2.06 bits per heavy atom. The van der Waals surface area contributed by atoms with Crippen LogP contribution >= 0.6 is 0 Å². The first-order valence-electron chi connectivity index (χ1n) is 6.32. The molecular weight excluding hydrogens is 238 g/mol. The summed E-state index contributed by atoms with van der Waals surface area (Å²) >= 11 is 0. The highest BCUT2D eigenvalue weighted by Crippen LogP contribution is 2.21. The molecule has 2 rings (SSSR count). The highest BCUT2D eigenvalue weighted by atomic mass is 28.3. The predicted molar refractivity (Wildman–Crippen MR) is 83.7 cm³/mol. The number of hydrogen-bond acceptors (Lipinski definition) is 0. The molecule has 1 heterocycles. The van der Waals surface area contributed by atoms with Gasteiger partial charge in [0, 0.05) is 5.52 Å². The summed E-state index contributed by atoms with van der Waals surface area (Å²) in [4.78, 5) is 0. The third kappa shape index (κ3) is 2.26. The Morgan fingerprint density at radius 1 is 0.882 bits per heavy atom. The van der Waals surface area contributed by atoms with Crippen molar-refractivity contribution in [3.8, 4) is 0 Å². The standard InChI is InChI=1S/C14H23NSi2/c1-16(2,3)14-9-7-8-13-12(14)10-11-15(13)17(4,5)6/h7-11H,1-6H3.